The number of nitrogens with one attached hydrogen (secondary N) is 2. The number of carbonyl (C=O) groups is 2. The molecule has 1 aromatic carbocycles. The Kier molecular flexibility index (Phi) is 6.38. The van der Waals surface area contributed by atoms with E-state index in [-0.39, 0.29) is 12.5 Å². The van der Waals surface area contributed by atoms with E-state index in [2.05, 4.69) is 10.6 Å². The molecule has 0 aliphatic rings. The number of aliphatic carboxylic acids is 1. The first kappa shape index (κ1) is 15.0. The van der Waals surface area contributed by atoms with Crippen molar-refractivity contribution in [3.05, 3.63) is 30.3 Å². The molecule has 3 N–H and O–H groups in total. The van der Waals surface area contributed by atoms with Gasteiger partial charge >= 0.3 is 5.97 Å². The monoisotopic (exact) mass is 266 g/mol. The van der Waals surface area contributed by atoms with Gasteiger partial charge < -0.3 is 20.5 Å². The van der Waals surface area contributed by atoms with Gasteiger partial charge in [0.25, 0.3) is 0 Å². The van der Waals surface area contributed by atoms with Gasteiger partial charge in [0.15, 0.2) is 0 Å². The van der Waals surface area contributed by atoms with Crippen molar-refractivity contribution in [1.82, 2.24) is 10.6 Å². The van der Waals surface area contributed by atoms with Crippen LogP contribution in [0.3, 0.4) is 0 Å². The third-order valence-corrected chi connectivity index (χ3v) is 2.31. The Morgan fingerprint density at radius 1 is 1.32 bits per heavy atom. The first-order valence-electron chi connectivity index (χ1n) is 5.98. The molecule has 104 valence electrons. The maximum atomic E-state index is 10.8. The Morgan fingerprint density at radius 2 is 2.00 bits per heavy atom. The molecule has 0 aliphatic heterocycles. The van der Waals surface area contributed by atoms with E-state index in [9.17, 15) is 9.59 Å². The molecule has 0 aliphatic carbocycles. The fourth-order valence-corrected chi connectivity index (χ4v) is 1.45. The third kappa shape index (κ3) is 6.42. The molecule has 6 nitrogen and oxygen atoms in total. The predicted molar refractivity (Wildman–Crippen MR) is 70.0 cm³/mol. The number of carboxylic acid groups (broad SMARTS) is 1. The van der Waals surface area contributed by atoms with Gasteiger partial charge in [0.2, 0.25) is 5.91 Å². The normalized spacial score (nSPS) is 11.6. The lowest BCUT2D eigenvalue weighted by molar-refractivity contribution is -0.141. The standard InChI is InChI=1S/C13H18N2O4/c1-10(16)15-12(13(17)18)9-14-7-8-19-11-5-3-2-4-6-11/h2-6,12,14H,7-9H2,1H3,(H,15,16)(H,17,18). The largest absolute Gasteiger partial charge is 0.492 e. The van der Waals surface area contributed by atoms with Crippen molar-refractivity contribution in [3.63, 3.8) is 0 Å². The summed E-state index contributed by atoms with van der Waals surface area (Å²) in [6.45, 7) is 2.37. The second kappa shape index (κ2) is 8.10. The minimum Gasteiger partial charge on any atom is -0.492 e. The summed E-state index contributed by atoms with van der Waals surface area (Å²) in [5, 5.41) is 14.1. The summed E-state index contributed by atoms with van der Waals surface area (Å²) in [4.78, 5) is 21.6. The van der Waals surface area contributed by atoms with Crippen LogP contribution in [0.5, 0.6) is 5.75 Å². The zero-order chi connectivity index (χ0) is 14.1. The Hall–Kier alpha value is -2.08. The fourth-order valence-electron chi connectivity index (χ4n) is 1.45. The molecule has 0 heterocycles. The lowest BCUT2D eigenvalue weighted by Crippen LogP contribution is -2.47. The molecular formula is C13H18N2O4. The van der Waals surface area contributed by atoms with Crippen LogP contribution in [-0.2, 0) is 9.59 Å². The number of ether oxygens (including phenoxy) is 1. The van der Waals surface area contributed by atoms with E-state index in [4.69, 9.17) is 9.84 Å². The number of carbonyl (C=O) groups excluding carboxylic acids is 1. The van der Waals surface area contributed by atoms with E-state index in [1.54, 1.807) is 0 Å². The fraction of sp³-hybridized carbons (Fsp3) is 0.385. The molecule has 0 saturated carbocycles. The average molecular weight is 266 g/mol. The highest BCUT2D eigenvalue weighted by Gasteiger charge is 2.17. The van der Waals surface area contributed by atoms with Crippen molar-refractivity contribution in [2.45, 2.75) is 13.0 Å². The summed E-state index contributed by atoms with van der Waals surface area (Å²) < 4.78 is 5.43. The molecular weight excluding hydrogens is 248 g/mol. The lowest BCUT2D eigenvalue weighted by Gasteiger charge is -2.14. The summed E-state index contributed by atoms with van der Waals surface area (Å²) in [5.74, 6) is -0.664. The van der Waals surface area contributed by atoms with Gasteiger partial charge in [-0.25, -0.2) is 4.79 Å². The number of hydrogen-bond donors (Lipinski definition) is 3. The molecule has 0 radical (unpaired) electrons. The molecule has 19 heavy (non-hydrogen) atoms. The summed E-state index contributed by atoms with van der Waals surface area (Å²) in [5.41, 5.74) is 0. The molecule has 1 unspecified atom stereocenters. The summed E-state index contributed by atoms with van der Waals surface area (Å²) >= 11 is 0. The SMILES string of the molecule is CC(=O)NC(CNCCOc1ccccc1)C(=O)O. The molecule has 1 aromatic rings. The van der Waals surface area contributed by atoms with Crippen molar-refractivity contribution >= 4 is 11.9 Å². The Morgan fingerprint density at radius 3 is 2.58 bits per heavy atom. The van der Waals surface area contributed by atoms with Crippen LogP contribution < -0.4 is 15.4 Å². The Labute approximate surface area is 111 Å². The molecule has 1 rings (SSSR count). The molecule has 1 amide bonds. The van der Waals surface area contributed by atoms with Gasteiger partial charge in [-0.3, -0.25) is 4.79 Å². The van der Waals surface area contributed by atoms with E-state index in [0.29, 0.717) is 13.2 Å². The number of hydrogen-bond acceptors (Lipinski definition) is 4. The van der Waals surface area contributed by atoms with Crippen LogP contribution >= 0.6 is 0 Å². The highest BCUT2D eigenvalue weighted by molar-refractivity contribution is 5.82. The van der Waals surface area contributed by atoms with Crippen LogP contribution in [0.25, 0.3) is 0 Å². The summed E-state index contributed by atoms with van der Waals surface area (Å²) in [6.07, 6.45) is 0. The average Bonchev–Trinajstić information content (AvgIpc) is 2.37. The summed E-state index contributed by atoms with van der Waals surface area (Å²) in [6, 6.07) is 8.42. The van der Waals surface area contributed by atoms with Crippen LogP contribution in [0.15, 0.2) is 30.3 Å². The Balaban J connectivity index is 2.18. The van der Waals surface area contributed by atoms with Crippen molar-refractivity contribution in [2.24, 2.45) is 0 Å². The van der Waals surface area contributed by atoms with Gasteiger partial charge in [0, 0.05) is 20.0 Å². The van der Waals surface area contributed by atoms with Crippen molar-refractivity contribution in [3.8, 4) is 5.75 Å². The third-order valence-electron chi connectivity index (χ3n) is 2.31. The second-order valence-corrected chi connectivity index (χ2v) is 3.96. The van der Waals surface area contributed by atoms with Gasteiger partial charge in [0.1, 0.15) is 18.4 Å². The molecule has 0 saturated heterocycles. The quantitative estimate of drug-likeness (QED) is 0.587. The molecule has 0 bridgehead atoms. The first-order chi connectivity index (χ1) is 9.09. The van der Waals surface area contributed by atoms with Crippen molar-refractivity contribution < 1.29 is 19.4 Å². The van der Waals surface area contributed by atoms with E-state index >= 15 is 0 Å². The highest BCUT2D eigenvalue weighted by atomic mass is 16.5. The maximum absolute atomic E-state index is 10.8. The first-order valence-corrected chi connectivity index (χ1v) is 5.98. The van der Waals surface area contributed by atoms with Gasteiger partial charge in [-0.2, -0.15) is 0 Å². The molecule has 0 spiro atoms. The van der Waals surface area contributed by atoms with E-state index < -0.39 is 12.0 Å². The van der Waals surface area contributed by atoms with Crippen LogP contribution in [-0.4, -0.2) is 42.7 Å². The van der Waals surface area contributed by atoms with Crippen LogP contribution in [0.4, 0.5) is 0 Å². The second-order valence-electron chi connectivity index (χ2n) is 3.96. The van der Waals surface area contributed by atoms with Gasteiger partial charge in [-0.05, 0) is 12.1 Å². The smallest absolute Gasteiger partial charge is 0.327 e. The number of benzene rings is 1. The molecule has 0 aromatic heterocycles. The molecule has 0 fully saturated rings. The van der Waals surface area contributed by atoms with Gasteiger partial charge in [-0.1, -0.05) is 18.2 Å². The topological polar surface area (TPSA) is 87.7 Å². The van der Waals surface area contributed by atoms with Crippen LogP contribution in [0.1, 0.15) is 6.92 Å². The van der Waals surface area contributed by atoms with Gasteiger partial charge in [0.05, 0.1) is 0 Å². The molecule has 6 heteroatoms. The van der Waals surface area contributed by atoms with Crippen molar-refractivity contribution in [2.75, 3.05) is 19.7 Å². The van der Waals surface area contributed by atoms with Gasteiger partial charge in [-0.15, -0.1) is 0 Å². The van der Waals surface area contributed by atoms with E-state index in [1.165, 1.54) is 6.92 Å². The summed E-state index contributed by atoms with van der Waals surface area (Å²) in [7, 11) is 0. The zero-order valence-electron chi connectivity index (χ0n) is 10.8. The lowest BCUT2D eigenvalue weighted by atomic mass is 10.3. The highest BCUT2D eigenvalue weighted by Crippen LogP contribution is 2.07. The predicted octanol–water partition coefficient (Wildman–Crippen LogP) is 0.244. The maximum Gasteiger partial charge on any atom is 0.327 e. The van der Waals surface area contributed by atoms with Crippen LogP contribution in [0, 0.1) is 0 Å². The number of para-hydroxylation sites is 1. The minimum atomic E-state index is -1.06. The Bertz CT molecular complexity index is 408. The van der Waals surface area contributed by atoms with E-state index in [1.807, 2.05) is 30.3 Å². The number of amides is 1. The number of carboxylic acids is 1. The zero-order valence-corrected chi connectivity index (χ0v) is 10.8. The minimum absolute atomic E-state index is 0.160. The number of rotatable bonds is 8. The van der Waals surface area contributed by atoms with E-state index in [0.717, 1.165) is 5.75 Å². The molecule has 1 atom stereocenters. The van der Waals surface area contributed by atoms with Crippen molar-refractivity contribution in [1.29, 1.82) is 0 Å². The van der Waals surface area contributed by atoms with Crippen LogP contribution in [0.2, 0.25) is 0 Å².